The lowest BCUT2D eigenvalue weighted by molar-refractivity contribution is -0.254. The number of hydrogen-bond acceptors (Lipinski definition) is 4. The Bertz CT molecular complexity index is 877. The van der Waals surface area contributed by atoms with Crippen LogP contribution in [-0.2, 0) is 0 Å². The first-order valence-electron chi connectivity index (χ1n) is 9.42. The average Bonchev–Trinajstić information content (AvgIpc) is 3.29. The third kappa shape index (κ3) is 2.17. The van der Waals surface area contributed by atoms with Crippen molar-refractivity contribution in [2.45, 2.75) is 31.2 Å². The highest BCUT2D eigenvalue weighted by atomic mass is 16.5. The molecule has 2 bridgehead atoms. The SMILES string of the molecule is COc1cccc([C@H]2Nc3c(C(=O)[O-])cccc3[C@H]3[C@H]4CC[C@H](C4)[C@H]32)c1. The molecule has 5 rings (SSSR count). The molecule has 26 heavy (non-hydrogen) atoms. The molecule has 1 heterocycles. The summed E-state index contributed by atoms with van der Waals surface area (Å²) in [5, 5.41) is 15.3. The van der Waals surface area contributed by atoms with E-state index in [0.29, 0.717) is 23.7 Å². The number of aromatic carboxylic acids is 1. The van der Waals surface area contributed by atoms with Gasteiger partial charge in [0.1, 0.15) is 5.75 Å². The fraction of sp³-hybridized carbons (Fsp3) is 0.409. The molecule has 0 spiro atoms. The molecule has 4 heteroatoms. The summed E-state index contributed by atoms with van der Waals surface area (Å²) in [6.07, 6.45) is 3.79. The molecule has 3 aliphatic rings. The number of fused-ring (bicyclic) bond motifs is 7. The minimum Gasteiger partial charge on any atom is -0.545 e. The zero-order chi connectivity index (χ0) is 17.8. The fourth-order valence-electron chi connectivity index (χ4n) is 5.85. The van der Waals surface area contributed by atoms with E-state index in [9.17, 15) is 9.90 Å². The van der Waals surface area contributed by atoms with Crippen LogP contribution >= 0.6 is 0 Å². The molecule has 2 fully saturated rings. The van der Waals surface area contributed by atoms with E-state index >= 15 is 0 Å². The van der Waals surface area contributed by atoms with Crippen LogP contribution < -0.4 is 15.2 Å². The molecule has 0 radical (unpaired) electrons. The second-order valence-electron chi connectivity index (χ2n) is 7.89. The standard InChI is InChI=1S/C22H23NO3/c1-26-15-5-2-4-14(11-15)20-19-13-9-8-12(10-13)18(19)16-6-3-7-17(22(24)25)21(16)23-20/h2-7,11-13,18-20,23H,8-10H2,1H3,(H,24,25)/p-1/t12-,13+,18+,19+,20+/m0/s1. The van der Waals surface area contributed by atoms with Crippen molar-refractivity contribution < 1.29 is 14.6 Å². The van der Waals surface area contributed by atoms with Gasteiger partial charge in [-0.25, -0.2) is 0 Å². The molecule has 134 valence electrons. The van der Waals surface area contributed by atoms with Gasteiger partial charge in [0, 0.05) is 11.3 Å². The van der Waals surface area contributed by atoms with Gasteiger partial charge in [0.15, 0.2) is 0 Å². The van der Waals surface area contributed by atoms with Gasteiger partial charge in [0.25, 0.3) is 0 Å². The predicted molar refractivity (Wildman–Crippen MR) is 97.2 cm³/mol. The van der Waals surface area contributed by atoms with E-state index < -0.39 is 5.97 Å². The number of ether oxygens (including phenoxy) is 1. The normalized spacial score (nSPS) is 31.0. The van der Waals surface area contributed by atoms with Gasteiger partial charge in [-0.05, 0) is 66.2 Å². The summed E-state index contributed by atoms with van der Waals surface area (Å²) in [7, 11) is 1.68. The van der Waals surface area contributed by atoms with Gasteiger partial charge in [-0.2, -0.15) is 0 Å². The first-order chi connectivity index (χ1) is 12.7. The van der Waals surface area contributed by atoms with Crippen molar-refractivity contribution in [3.05, 3.63) is 59.2 Å². The Hall–Kier alpha value is -2.49. The van der Waals surface area contributed by atoms with E-state index in [4.69, 9.17) is 4.74 Å². The monoisotopic (exact) mass is 348 g/mol. The predicted octanol–water partition coefficient (Wildman–Crippen LogP) is 3.36. The zero-order valence-electron chi connectivity index (χ0n) is 14.8. The Kier molecular flexibility index (Phi) is 3.49. The quantitative estimate of drug-likeness (QED) is 0.924. The molecule has 2 aromatic rings. The Morgan fingerprint density at radius 2 is 1.96 bits per heavy atom. The molecule has 0 saturated heterocycles. The molecular formula is C22H22NO3-. The molecule has 4 nitrogen and oxygen atoms in total. The van der Waals surface area contributed by atoms with Gasteiger partial charge in [-0.15, -0.1) is 0 Å². The summed E-state index contributed by atoms with van der Waals surface area (Å²) < 4.78 is 5.42. The Morgan fingerprint density at radius 1 is 1.15 bits per heavy atom. The van der Waals surface area contributed by atoms with Crippen LogP contribution in [0.3, 0.4) is 0 Å². The summed E-state index contributed by atoms with van der Waals surface area (Å²) in [6.45, 7) is 0. The number of methoxy groups -OCH3 is 1. The van der Waals surface area contributed by atoms with Crippen molar-refractivity contribution in [3.63, 3.8) is 0 Å². The second-order valence-corrected chi connectivity index (χ2v) is 7.89. The molecule has 2 aromatic carbocycles. The van der Waals surface area contributed by atoms with Gasteiger partial charge >= 0.3 is 0 Å². The third-order valence-electron chi connectivity index (χ3n) is 6.79. The number of nitrogens with one attached hydrogen (secondary N) is 1. The van der Waals surface area contributed by atoms with E-state index in [0.717, 1.165) is 11.4 Å². The lowest BCUT2D eigenvalue weighted by Gasteiger charge is -2.44. The number of carboxylic acid groups (broad SMARTS) is 1. The van der Waals surface area contributed by atoms with Crippen LogP contribution in [0.15, 0.2) is 42.5 Å². The first kappa shape index (κ1) is 15.7. The number of para-hydroxylation sites is 1. The van der Waals surface area contributed by atoms with Gasteiger partial charge in [-0.1, -0.05) is 30.3 Å². The average molecular weight is 348 g/mol. The molecule has 5 atom stereocenters. The highest BCUT2D eigenvalue weighted by Gasteiger charge is 2.54. The number of rotatable bonds is 3. The highest BCUT2D eigenvalue weighted by Crippen LogP contribution is 2.64. The van der Waals surface area contributed by atoms with Crippen LogP contribution in [0.2, 0.25) is 0 Å². The zero-order valence-corrected chi connectivity index (χ0v) is 14.8. The summed E-state index contributed by atoms with van der Waals surface area (Å²) in [5.74, 6) is 2.03. The molecule has 0 aromatic heterocycles. The van der Waals surface area contributed by atoms with E-state index in [1.165, 1.54) is 30.4 Å². The highest BCUT2D eigenvalue weighted by molar-refractivity contribution is 5.94. The summed E-state index contributed by atoms with van der Waals surface area (Å²) >= 11 is 0. The van der Waals surface area contributed by atoms with Crippen LogP contribution in [0.5, 0.6) is 5.75 Å². The van der Waals surface area contributed by atoms with Gasteiger partial charge < -0.3 is 20.0 Å². The summed E-state index contributed by atoms with van der Waals surface area (Å²) in [4.78, 5) is 11.7. The number of carbonyl (C=O) groups excluding carboxylic acids is 1. The second kappa shape index (κ2) is 5.76. The summed E-state index contributed by atoms with van der Waals surface area (Å²) in [6, 6.07) is 13.9. The summed E-state index contributed by atoms with van der Waals surface area (Å²) in [5.41, 5.74) is 3.37. The number of carbonyl (C=O) groups is 1. The number of carboxylic acids is 1. The van der Waals surface area contributed by atoms with Crippen molar-refractivity contribution in [2.24, 2.45) is 17.8 Å². The van der Waals surface area contributed by atoms with E-state index in [1.807, 2.05) is 18.2 Å². The lowest BCUT2D eigenvalue weighted by Crippen LogP contribution is -2.37. The lowest BCUT2D eigenvalue weighted by atomic mass is 9.67. The minimum absolute atomic E-state index is 0.110. The molecule has 1 N–H and O–H groups in total. The van der Waals surface area contributed by atoms with Crippen LogP contribution in [0.1, 0.15) is 52.7 Å². The number of benzene rings is 2. The van der Waals surface area contributed by atoms with Gasteiger partial charge in [0.05, 0.1) is 19.1 Å². The smallest absolute Gasteiger partial charge is 0.119 e. The van der Waals surface area contributed by atoms with E-state index in [1.54, 1.807) is 13.2 Å². The number of anilines is 1. The van der Waals surface area contributed by atoms with Gasteiger partial charge in [0.2, 0.25) is 0 Å². The van der Waals surface area contributed by atoms with Crippen LogP contribution in [-0.4, -0.2) is 13.1 Å². The van der Waals surface area contributed by atoms with Crippen molar-refractivity contribution in [1.82, 2.24) is 0 Å². The third-order valence-corrected chi connectivity index (χ3v) is 6.79. The topological polar surface area (TPSA) is 61.4 Å². The maximum absolute atomic E-state index is 11.7. The molecule has 0 unspecified atom stereocenters. The Morgan fingerprint density at radius 3 is 2.77 bits per heavy atom. The van der Waals surface area contributed by atoms with Crippen LogP contribution in [0.4, 0.5) is 5.69 Å². The molecule has 1 aliphatic heterocycles. The molecular weight excluding hydrogens is 326 g/mol. The van der Waals surface area contributed by atoms with E-state index in [2.05, 4.69) is 23.5 Å². The fourth-order valence-corrected chi connectivity index (χ4v) is 5.85. The number of hydrogen-bond donors (Lipinski definition) is 1. The molecule has 2 aliphatic carbocycles. The maximum atomic E-state index is 11.7. The largest absolute Gasteiger partial charge is 0.545 e. The Balaban J connectivity index is 1.66. The van der Waals surface area contributed by atoms with Crippen molar-refractivity contribution in [1.29, 1.82) is 0 Å². The minimum atomic E-state index is -1.11. The van der Waals surface area contributed by atoms with E-state index in [-0.39, 0.29) is 11.6 Å². The van der Waals surface area contributed by atoms with Crippen LogP contribution in [0, 0.1) is 17.8 Å². The molecule has 0 amide bonds. The maximum Gasteiger partial charge on any atom is 0.119 e. The van der Waals surface area contributed by atoms with Crippen molar-refractivity contribution >= 4 is 11.7 Å². The van der Waals surface area contributed by atoms with Crippen molar-refractivity contribution in [2.75, 3.05) is 12.4 Å². The van der Waals surface area contributed by atoms with Crippen molar-refractivity contribution in [3.8, 4) is 5.75 Å². The van der Waals surface area contributed by atoms with Crippen LogP contribution in [0.25, 0.3) is 0 Å². The Labute approximate surface area is 153 Å². The van der Waals surface area contributed by atoms with Gasteiger partial charge in [-0.3, -0.25) is 0 Å². The first-order valence-corrected chi connectivity index (χ1v) is 9.42. The molecule has 2 saturated carbocycles.